The highest BCUT2D eigenvalue weighted by Crippen LogP contribution is 2.31. The highest BCUT2D eigenvalue weighted by molar-refractivity contribution is 5.92. The van der Waals surface area contributed by atoms with Crippen molar-refractivity contribution in [3.8, 4) is 11.8 Å². The van der Waals surface area contributed by atoms with Crippen molar-refractivity contribution in [2.45, 2.75) is 19.8 Å². The van der Waals surface area contributed by atoms with Crippen LogP contribution in [0.3, 0.4) is 0 Å². The first kappa shape index (κ1) is 10.5. The summed E-state index contributed by atoms with van der Waals surface area (Å²) in [5, 5.41) is 20.6. The molecule has 2 aromatic rings. The van der Waals surface area contributed by atoms with Crippen LogP contribution in [0.4, 0.5) is 0 Å². The minimum absolute atomic E-state index is 0.256. The fraction of sp³-hybridized carbons (Fsp3) is 0.214. The molecule has 16 heavy (non-hydrogen) atoms. The average molecular weight is 211 g/mol. The van der Waals surface area contributed by atoms with Crippen molar-refractivity contribution in [1.82, 2.24) is 0 Å². The molecule has 0 fully saturated rings. The Morgan fingerprint density at radius 2 is 2.00 bits per heavy atom. The van der Waals surface area contributed by atoms with Crippen molar-refractivity contribution in [2.24, 2.45) is 0 Å². The van der Waals surface area contributed by atoms with Crippen LogP contribution in [0.5, 0.6) is 5.75 Å². The number of phenols is 1. The van der Waals surface area contributed by atoms with Crippen LogP contribution in [0.1, 0.15) is 30.9 Å². The summed E-state index contributed by atoms with van der Waals surface area (Å²) in [6.07, 6.45) is 0. The number of hydrogen-bond donors (Lipinski definition) is 1. The monoisotopic (exact) mass is 211 g/mol. The molecule has 0 radical (unpaired) electrons. The molecule has 0 aliphatic carbocycles. The van der Waals surface area contributed by atoms with Gasteiger partial charge >= 0.3 is 0 Å². The lowest BCUT2D eigenvalue weighted by atomic mass is 9.93. The van der Waals surface area contributed by atoms with E-state index in [0.29, 0.717) is 5.56 Å². The van der Waals surface area contributed by atoms with Gasteiger partial charge in [0.15, 0.2) is 0 Å². The molecular weight excluding hydrogens is 198 g/mol. The Labute approximate surface area is 94.8 Å². The standard InChI is InChI=1S/C14H13NO/c1-9(2)13-7-12(16)6-10-4-3-5-11(8-15)14(10)13/h3-7,9,16H,1-2H3. The molecule has 2 nitrogen and oxygen atoms in total. The van der Waals surface area contributed by atoms with Crippen LogP contribution in [-0.2, 0) is 0 Å². The van der Waals surface area contributed by atoms with E-state index in [1.54, 1.807) is 12.1 Å². The quantitative estimate of drug-likeness (QED) is 0.784. The Bertz CT molecular complexity index is 579. The predicted molar refractivity (Wildman–Crippen MR) is 64.4 cm³/mol. The number of phenolic OH excluding ortho intramolecular Hbond substituents is 1. The molecule has 0 amide bonds. The van der Waals surface area contributed by atoms with E-state index >= 15 is 0 Å². The van der Waals surface area contributed by atoms with Gasteiger partial charge in [0.2, 0.25) is 0 Å². The van der Waals surface area contributed by atoms with E-state index in [-0.39, 0.29) is 11.7 Å². The number of nitrogens with zero attached hydrogens (tertiary/aromatic N) is 1. The third kappa shape index (κ3) is 1.61. The van der Waals surface area contributed by atoms with Crippen LogP contribution in [0.15, 0.2) is 30.3 Å². The molecule has 0 aliphatic rings. The number of aromatic hydroxyl groups is 1. The van der Waals surface area contributed by atoms with Crippen molar-refractivity contribution in [3.05, 3.63) is 41.5 Å². The summed E-state index contributed by atoms with van der Waals surface area (Å²) < 4.78 is 0. The number of fused-ring (bicyclic) bond motifs is 1. The first-order chi connectivity index (χ1) is 7.63. The SMILES string of the molecule is CC(C)c1cc(O)cc2cccc(C#N)c12. The molecule has 0 saturated carbocycles. The molecule has 0 aliphatic heterocycles. The summed E-state index contributed by atoms with van der Waals surface area (Å²) in [5.41, 5.74) is 1.69. The first-order valence-electron chi connectivity index (χ1n) is 5.29. The molecule has 0 heterocycles. The lowest BCUT2D eigenvalue weighted by Gasteiger charge is -2.12. The van der Waals surface area contributed by atoms with E-state index in [1.165, 1.54) is 0 Å². The second-order valence-corrected chi connectivity index (χ2v) is 4.21. The van der Waals surface area contributed by atoms with Crippen LogP contribution < -0.4 is 0 Å². The highest BCUT2D eigenvalue weighted by Gasteiger charge is 2.10. The van der Waals surface area contributed by atoms with Crippen molar-refractivity contribution in [2.75, 3.05) is 0 Å². The van der Waals surface area contributed by atoms with Gasteiger partial charge < -0.3 is 5.11 Å². The Balaban J connectivity index is 2.92. The van der Waals surface area contributed by atoms with E-state index < -0.39 is 0 Å². The lowest BCUT2D eigenvalue weighted by molar-refractivity contribution is 0.475. The summed E-state index contributed by atoms with van der Waals surface area (Å²) in [6, 6.07) is 11.2. The first-order valence-corrected chi connectivity index (χ1v) is 5.29. The van der Waals surface area contributed by atoms with E-state index in [1.807, 2.05) is 18.2 Å². The van der Waals surface area contributed by atoms with Crippen LogP contribution in [0.2, 0.25) is 0 Å². The van der Waals surface area contributed by atoms with Crippen LogP contribution in [-0.4, -0.2) is 5.11 Å². The molecule has 0 aromatic heterocycles. The maximum absolute atomic E-state index is 9.64. The lowest BCUT2D eigenvalue weighted by Crippen LogP contribution is -1.92. The van der Waals surface area contributed by atoms with Gasteiger partial charge in [-0.15, -0.1) is 0 Å². The molecular formula is C14H13NO. The number of benzene rings is 2. The largest absolute Gasteiger partial charge is 0.508 e. The summed E-state index contributed by atoms with van der Waals surface area (Å²) in [6.45, 7) is 4.12. The van der Waals surface area contributed by atoms with Crippen molar-refractivity contribution in [3.63, 3.8) is 0 Å². The minimum Gasteiger partial charge on any atom is -0.508 e. The highest BCUT2D eigenvalue weighted by atomic mass is 16.3. The van der Waals surface area contributed by atoms with Crippen LogP contribution >= 0.6 is 0 Å². The van der Waals surface area contributed by atoms with Gasteiger partial charge in [0.25, 0.3) is 0 Å². The van der Waals surface area contributed by atoms with Gasteiger partial charge in [0, 0.05) is 5.39 Å². The molecule has 0 saturated heterocycles. The third-order valence-electron chi connectivity index (χ3n) is 2.73. The smallest absolute Gasteiger partial charge is 0.116 e. The molecule has 2 heteroatoms. The maximum Gasteiger partial charge on any atom is 0.116 e. The van der Waals surface area contributed by atoms with E-state index in [0.717, 1.165) is 16.3 Å². The van der Waals surface area contributed by atoms with Gasteiger partial charge in [-0.05, 0) is 35.1 Å². The van der Waals surface area contributed by atoms with Crippen LogP contribution in [0, 0.1) is 11.3 Å². The molecule has 0 unspecified atom stereocenters. The van der Waals surface area contributed by atoms with Gasteiger partial charge in [0.05, 0.1) is 11.6 Å². The van der Waals surface area contributed by atoms with Crippen molar-refractivity contribution in [1.29, 1.82) is 5.26 Å². The summed E-state index contributed by atoms with van der Waals surface area (Å²) in [4.78, 5) is 0. The van der Waals surface area contributed by atoms with E-state index in [4.69, 9.17) is 5.26 Å². The second-order valence-electron chi connectivity index (χ2n) is 4.21. The Morgan fingerprint density at radius 3 is 2.62 bits per heavy atom. The summed E-state index contributed by atoms with van der Waals surface area (Å²) >= 11 is 0. The third-order valence-corrected chi connectivity index (χ3v) is 2.73. The maximum atomic E-state index is 9.64. The molecule has 2 aromatic carbocycles. The fourth-order valence-electron chi connectivity index (χ4n) is 1.99. The second kappa shape index (κ2) is 3.86. The van der Waals surface area contributed by atoms with Gasteiger partial charge in [-0.3, -0.25) is 0 Å². The summed E-state index contributed by atoms with van der Waals surface area (Å²) in [7, 11) is 0. The molecule has 0 spiro atoms. The molecule has 2 rings (SSSR count). The van der Waals surface area contributed by atoms with Crippen molar-refractivity contribution >= 4 is 10.8 Å². The Kier molecular flexibility index (Phi) is 2.54. The number of rotatable bonds is 1. The van der Waals surface area contributed by atoms with Gasteiger partial charge in [-0.2, -0.15) is 5.26 Å². The zero-order valence-electron chi connectivity index (χ0n) is 9.36. The molecule has 1 N–H and O–H groups in total. The average Bonchev–Trinajstić information content (AvgIpc) is 2.26. The zero-order valence-corrected chi connectivity index (χ0v) is 9.36. The number of nitriles is 1. The number of hydrogen-bond acceptors (Lipinski definition) is 2. The van der Waals surface area contributed by atoms with E-state index in [9.17, 15) is 5.11 Å². The van der Waals surface area contributed by atoms with Crippen molar-refractivity contribution < 1.29 is 5.11 Å². The van der Waals surface area contributed by atoms with Gasteiger partial charge in [-0.1, -0.05) is 26.0 Å². The summed E-state index contributed by atoms with van der Waals surface area (Å²) in [5.74, 6) is 0.537. The van der Waals surface area contributed by atoms with Gasteiger partial charge in [-0.25, -0.2) is 0 Å². The zero-order chi connectivity index (χ0) is 11.7. The molecule has 0 bridgehead atoms. The Hall–Kier alpha value is -2.01. The van der Waals surface area contributed by atoms with E-state index in [2.05, 4.69) is 19.9 Å². The van der Waals surface area contributed by atoms with Crippen LogP contribution in [0.25, 0.3) is 10.8 Å². The molecule has 80 valence electrons. The minimum atomic E-state index is 0.256. The molecule has 0 atom stereocenters. The fourth-order valence-corrected chi connectivity index (χ4v) is 1.99. The predicted octanol–water partition coefficient (Wildman–Crippen LogP) is 3.54. The topological polar surface area (TPSA) is 44.0 Å². The Morgan fingerprint density at radius 1 is 1.25 bits per heavy atom. The van der Waals surface area contributed by atoms with Gasteiger partial charge in [0.1, 0.15) is 5.75 Å². The normalized spacial score (nSPS) is 10.6.